The van der Waals surface area contributed by atoms with Crippen LogP contribution in [-0.4, -0.2) is 29.4 Å². The van der Waals surface area contributed by atoms with Gasteiger partial charge in [-0.1, -0.05) is 11.6 Å². The lowest BCUT2D eigenvalue weighted by atomic mass is 10.2. The molecule has 1 aliphatic carbocycles. The van der Waals surface area contributed by atoms with E-state index in [-0.39, 0.29) is 30.3 Å². The third kappa shape index (κ3) is 5.15. The van der Waals surface area contributed by atoms with Crippen molar-refractivity contribution in [2.75, 3.05) is 11.9 Å². The molecule has 1 aromatic carbocycles. The number of benzene rings is 1. The maximum absolute atomic E-state index is 12.3. The van der Waals surface area contributed by atoms with E-state index in [4.69, 9.17) is 17.3 Å². The van der Waals surface area contributed by atoms with Gasteiger partial charge in [0.05, 0.1) is 15.6 Å². The second kappa shape index (κ2) is 8.62. The summed E-state index contributed by atoms with van der Waals surface area (Å²) in [6, 6.07) is 5.06. The lowest BCUT2D eigenvalue weighted by Gasteiger charge is -2.09. The Hall–Kier alpha value is -1.67. The Morgan fingerprint density at radius 1 is 1.32 bits per heavy atom. The molecule has 1 aromatic heterocycles. The number of amides is 2. The van der Waals surface area contributed by atoms with Crippen LogP contribution in [0.2, 0.25) is 5.02 Å². The molecule has 1 aliphatic rings. The number of nitrogens with two attached hydrogens (primary N) is 1. The maximum atomic E-state index is 12.3. The molecular weight excluding hydrogens is 383 g/mol. The largest absolute Gasteiger partial charge is 0.349 e. The fourth-order valence-electron chi connectivity index (χ4n) is 2.12. The van der Waals surface area contributed by atoms with Crippen molar-refractivity contribution in [2.24, 2.45) is 5.73 Å². The molecule has 0 aliphatic heterocycles. The molecule has 0 saturated heterocycles. The molecule has 9 heteroatoms. The highest BCUT2D eigenvalue weighted by Crippen LogP contribution is 2.24. The van der Waals surface area contributed by atoms with Gasteiger partial charge in [-0.2, -0.15) is 0 Å². The minimum atomic E-state index is -0.328. The zero-order valence-electron chi connectivity index (χ0n) is 13.3. The Balaban J connectivity index is 0.00000225. The number of nitrogens with zero attached hydrogens (tertiary/aromatic N) is 1. The van der Waals surface area contributed by atoms with E-state index < -0.39 is 0 Å². The summed E-state index contributed by atoms with van der Waals surface area (Å²) in [4.78, 5) is 28.7. The average Bonchev–Trinajstić information content (AvgIpc) is 3.24. The Bertz CT molecular complexity index is 777. The van der Waals surface area contributed by atoms with Gasteiger partial charge in [0.15, 0.2) is 0 Å². The van der Waals surface area contributed by atoms with E-state index in [9.17, 15) is 9.59 Å². The number of aromatic nitrogens is 1. The first-order valence-corrected chi connectivity index (χ1v) is 8.89. The lowest BCUT2D eigenvalue weighted by molar-refractivity contribution is 0.0949. The van der Waals surface area contributed by atoms with E-state index in [0.717, 1.165) is 17.8 Å². The summed E-state index contributed by atoms with van der Waals surface area (Å²) in [5.74, 6) is -0.553. The Morgan fingerprint density at radius 3 is 2.76 bits per heavy atom. The van der Waals surface area contributed by atoms with Gasteiger partial charge in [0.25, 0.3) is 11.8 Å². The summed E-state index contributed by atoms with van der Waals surface area (Å²) in [6.45, 7) is 0.491. The van der Waals surface area contributed by atoms with Gasteiger partial charge in [-0.3, -0.25) is 9.59 Å². The molecule has 0 atom stereocenters. The summed E-state index contributed by atoms with van der Waals surface area (Å²) in [7, 11) is 0. The Labute approximate surface area is 160 Å². The van der Waals surface area contributed by atoms with E-state index in [1.165, 1.54) is 11.3 Å². The predicted octanol–water partition coefficient (Wildman–Crippen LogP) is 2.86. The number of hydrogen-bond acceptors (Lipinski definition) is 5. The Morgan fingerprint density at radius 2 is 2.08 bits per heavy atom. The topological polar surface area (TPSA) is 97.1 Å². The molecule has 3 rings (SSSR count). The lowest BCUT2D eigenvalue weighted by Crippen LogP contribution is -2.25. The van der Waals surface area contributed by atoms with Crippen LogP contribution in [0.3, 0.4) is 0 Å². The molecule has 0 radical (unpaired) electrons. The van der Waals surface area contributed by atoms with Crippen molar-refractivity contribution in [3.05, 3.63) is 44.9 Å². The number of thiazole rings is 1. The first-order valence-electron chi connectivity index (χ1n) is 7.63. The monoisotopic (exact) mass is 400 g/mol. The van der Waals surface area contributed by atoms with Crippen LogP contribution < -0.4 is 16.4 Å². The second-order valence-electron chi connectivity index (χ2n) is 5.56. The van der Waals surface area contributed by atoms with E-state index in [1.807, 2.05) is 0 Å². The molecule has 1 heterocycles. The number of nitrogens with one attached hydrogen (secondary N) is 2. The molecule has 1 saturated carbocycles. The van der Waals surface area contributed by atoms with Crippen LogP contribution in [-0.2, 0) is 6.42 Å². The zero-order valence-corrected chi connectivity index (χ0v) is 15.6. The first kappa shape index (κ1) is 19.7. The summed E-state index contributed by atoms with van der Waals surface area (Å²) < 4.78 is 0. The van der Waals surface area contributed by atoms with Crippen LogP contribution >= 0.6 is 35.3 Å². The van der Waals surface area contributed by atoms with Crippen molar-refractivity contribution >= 4 is 52.8 Å². The zero-order chi connectivity index (χ0) is 17.1. The smallest absolute Gasteiger partial charge is 0.275 e. The quantitative estimate of drug-likeness (QED) is 0.694. The van der Waals surface area contributed by atoms with Crippen molar-refractivity contribution in [2.45, 2.75) is 25.3 Å². The van der Waals surface area contributed by atoms with E-state index in [1.54, 1.807) is 23.6 Å². The number of carbonyl (C=O) groups excluding carboxylic acids is 2. The van der Waals surface area contributed by atoms with Gasteiger partial charge in [0, 0.05) is 23.5 Å². The summed E-state index contributed by atoms with van der Waals surface area (Å²) in [6.07, 6.45) is 2.63. The minimum absolute atomic E-state index is 0. The average molecular weight is 401 g/mol. The van der Waals surface area contributed by atoms with Crippen LogP contribution in [0.4, 0.5) is 5.69 Å². The second-order valence-corrected chi connectivity index (χ2v) is 6.91. The molecule has 2 aromatic rings. The summed E-state index contributed by atoms with van der Waals surface area (Å²) >= 11 is 7.49. The predicted molar refractivity (Wildman–Crippen MR) is 102 cm³/mol. The SMILES string of the molecule is Cl.NCCc1nc(C(=O)Nc2ccc(Cl)c(C(=O)NC3CC3)c2)cs1. The van der Waals surface area contributed by atoms with Crippen molar-refractivity contribution in [3.8, 4) is 0 Å². The highest BCUT2D eigenvalue weighted by Gasteiger charge is 2.25. The molecule has 1 fully saturated rings. The minimum Gasteiger partial charge on any atom is -0.349 e. The third-order valence-corrected chi connectivity index (χ3v) is 4.76. The van der Waals surface area contributed by atoms with Crippen LogP contribution in [0.15, 0.2) is 23.6 Å². The van der Waals surface area contributed by atoms with Crippen molar-refractivity contribution in [1.82, 2.24) is 10.3 Å². The van der Waals surface area contributed by atoms with Crippen LogP contribution in [0.25, 0.3) is 0 Å². The highest BCUT2D eigenvalue weighted by atomic mass is 35.5. The van der Waals surface area contributed by atoms with Crippen LogP contribution in [0, 0.1) is 0 Å². The molecule has 2 amide bonds. The summed E-state index contributed by atoms with van der Waals surface area (Å²) in [5, 5.41) is 8.49. The number of halogens is 2. The van der Waals surface area contributed by atoms with Gasteiger partial charge in [0.1, 0.15) is 5.69 Å². The molecule has 0 spiro atoms. The van der Waals surface area contributed by atoms with Gasteiger partial charge in [-0.15, -0.1) is 23.7 Å². The highest BCUT2D eigenvalue weighted by molar-refractivity contribution is 7.09. The molecule has 25 heavy (non-hydrogen) atoms. The first-order chi connectivity index (χ1) is 11.6. The van der Waals surface area contributed by atoms with Crippen molar-refractivity contribution in [3.63, 3.8) is 0 Å². The molecule has 6 nitrogen and oxygen atoms in total. The maximum Gasteiger partial charge on any atom is 0.275 e. The van der Waals surface area contributed by atoms with Crippen molar-refractivity contribution < 1.29 is 9.59 Å². The Kier molecular flexibility index (Phi) is 6.78. The fraction of sp³-hybridized carbons (Fsp3) is 0.312. The normalized spacial score (nSPS) is 13.0. The summed E-state index contributed by atoms with van der Waals surface area (Å²) in [5.41, 5.74) is 6.67. The van der Waals surface area contributed by atoms with E-state index in [0.29, 0.717) is 34.9 Å². The number of hydrogen-bond donors (Lipinski definition) is 3. The van der Waals surface area contributed by atoms with Gasteiger partial charge in [-0.05, 0) is 37.6 Å². The van der Waals surface area contributed by atoms with Gasteiger partial charge in [0.2, 0.25) is 0 Å². The number of carbonyl (C=O) groups is 2. The number of rotatable bonds is 6. The fourth-order valence-corrected chi connectivity index (χ4v) is 3.11. The molecule has 134 valence electrons. The molecular formula is C16H18Cl2N4O2S. The van der Waals surface area contributed by atoms with E-state index in [2.05, 4.69) is 15.6 Å². The molecule has 4 N–H and O–H groups in total. The van der Waals surface area contributed by atoms with Gasteiger partial charge < -0.3 is 16.4 Å². The van der Waals surface area contributed by atoms with Gasteiger partial charge in [-0.25, -0.2) is 4.98 Å². The van der Waals surface area contributed by atoms with Crippen LogP contribution in [0.5, 0.6) is 0 Å². The molecule has 0 bridgehead atoms. The molecule has 0 unspecified atom stereocenters. The van der Waals surface area contributed by atoms with Gasteiger partial charge >= 0.3 is 0 Å². The number of anilines is 1. The van der Waals surface area contributed by atoms with E-state index >= 15 is 0 Å². The van der Waals surface area contributed by atoms with Crippen LogP contribution in [0.1, 0.15) is 38.7 Å². The van der Waals surface area contributed by atoms with Crippen molar-refractivity contribution in [1.29, 1.82) is 0 Å². The standard InChI is InChI=1S/C16H17ClN4O2S.ClH/c17-12-4-3-10(7-11(12)15(22)19-9-1-2-9)20-16(23)13-8-24-14(21-13)5-6-18;/h3-4,7-9H,1-2,5-6,18H2,(H,19,22)(H,20,23);1H. The third-order valence-electron chi connectivity index (χ3n) is 3.52.